The van der Waals surface area contributed by atoms with Gasteiger partial charge in [-0.3, -0.25) is 4.90 Å². The predicted octanol–water partition coefficient (Wildman–Crippen LogP) is 2.80. The molecule has 0 aliphatic carbocycles. The van der Waals surface area contributed by atoms with Crippen molar-refractivity contribution in [1.29, 1.82) is 0 Å². The zero-order valence-electron chi connectivity index (χ0n) is 14.2. The molecule has 1 aromatic carbocycles. The molecule has 23 heavy (non-hydrogen) atoms. The van der Waals surface area contributed by atoms with Crippen LogP contribution < -0.4 is 0 Å². The third-order valence-electron chi connectivity index (χ3n) is 5.64. The van der Waals surface area contributed by atoms with Gasteiger partial charge in [0, 0.05) is 18.5 Å². The number of piperidine rings is 1. The molecule has 0 amide bonds. The molecule has 3 rings (SSSR count). The molecule has 2 aliphatic heterocycles. The number of hydrogen-bond acceptors (Lipinski definition) is 3. The molecule has 0 radical (unpaired) electrons. The van der Waals surface area contributed by atoms with Gasteiger partial charge in [0.05, 0.1) is 6.61 Å². The Kier molecular flexibility index (Phi) is 5.34. The van der Waals surface area contributed by atoms with Crippen LogP contribution in [0.15, 0.2) is 18.2 Å². The predicted molar refractivity (Wildman–Crippen MR) is 90.8 cm³/mol. The van der Waals surface area contributed by atoms with E-state index >= 15 is 0 Å². The van der Waals surface area contributed by atoms with Gasteiger partial charge >= 0.3 is 0 Å². The minimum atomic E-state index is -0.127. The summed E-state index contributed by atoms with van der Waals surface area (Å²) in [7, 11) is 0. The van der Waals surface area contributed by atoms with E-state index in [9.17, 15) is 9.50 Å². The number of nitrogens with zero attached hydrogens (tertiary/aromatic N) is 2. The van der Waals surface area contributed by atoms with Crippen LogP contribution in [0.25, 0.3) is 0 Å². The van der Waals surface area contributed by atoms with Crippen LogP contribution >= 0.6 is 0 Å². The third kappa shape index (κ3) is 4.11. The van der Waals surface area contributed by atoms with E-state index in [0.717, 1.165) is 44.6 Å². The van der Waals surface area contributed by atoms with Gasteiger partial charge in [-0.2, -0.15) is 0 Å². The summed E-state index contributed by atoms with van der Waals surface area (Å²) in [5.41, 5.74) is 1.98. The second-order valence-electron chi connectivity index (χ2n) is 7.50. The van der Waals surface area contributed by atoms with Crippen molar-refractivity contribution in [2.24, 2.45) is 5.41 Å². The Morgan fingerprint density at radius 1 is 1.09 bits per heavy atom. The Labute approximate surface area is 139 Å². The van der Waals surface area contributed by atoms with Crippen molar-refractivity contribution >= 4 is 0 Å². The lowest BCUT2D eigenvalue weighted by atomic mass is 9.78. The highest BCUT2D eigenvalue weighted by Crippen LogP contribution is 2.33. The SMILES string of the molecule is Cc1cc(CN2CCC(CO)(CN3CCCC3)CC2)ccc1F. The monoisotopic (exact) mass is 320 g/mol. The molecule has 1 N–H and O–H groups in total. The van der Waals surface area contributed by atoms with Crippen LogP contribution in [0.5, 0.6) is 0 Å². The molecule has 0 atom stereocenters. The Bertz CT molecular complexity index is 520. The summed E-state index contributed by atoms with van der Waals surface area (Å²) in [5, 5.41) is 9.96. The van der Waals surface area contributed by atoms with E-state index in [1.165, 1.54) is 31.5 Å². The molecular formula is C19H29FN2O. The molecular weight excluding hydrogens is 291 g/mol. The minimum absolute atomic E-state index is 0.0829. The Morgan fingerprint density at radius 2 is 1.78 bits per heavy atom. The molecule has 1 aromatic rings. The first kappa shape index (κ1) is 16.9. The standard InChI is InChI=1S/C19H29FN2O/c1-16-12-17(4-5-18(16)20)13-21-10-6-19(15-23,7-11-21)14-22-8-2-3-9-22/h4-5,12,23H,2-3,6-11,13-15H2,1H3. The highest BCUT2D eigenvalue weighted by Gasteiger charge is 2.36. The summed E-state index contributed by atoms with van der Waals surface area (Å²) >= 11 is 0. The average Bonchev–Trinajstić information content (AvgIpc) is 3.06. The fourth-order valence-corrected chi connectivity index (χ4v) is 4.03. The van der Waals surface area contributed by atoms with Crippen molar-refractivity contribution in [1.82, 2.24) is 9.80 Å². The number of likely N-dealkylation sites (tertiary alicyclic amines) is 2. The Morgan fingerprint density at radius 3 is 2.39 bits per heavy atom. The molecule has 3 nitrogen and oxygen atoms in total. The number of halogens is 1. The number of rotatable bonds is 5. The van der Waals surface area contributed by atoms with Crippen LogP contribution in [-0.4, -0.2) is 54.2 Å². The van der Waals surface area contributed by atoms with E-state index in [1.807, 2.05) is 19.1 Å². The summed E-state index contributed by atoms with van der Waals surface area (Å²) in [6, 6.07) is 5.41. The van der Waals surface area contributed by atoms with Gasteiger partial charge in [0.15, 0.2) is 0 Å². The largest absolute Gasteiger partial charge is 0.396 e. The van der Waals surface area contributed by atoms with E-state index in [4.69, 9.17) is 0 Å². The average molecular weight is 320 g/mol. The smallest absolute Gasteiger partial charge is 0.126 e. The molecule has 2 heterocycles. The van der Waals surface area contributed by atoms with Crippen LogP contribution in [-0.2, 0) is 6.54 Å². The maximum Gasteiger partial charge on any atom is 0.126 e. The van der Waals surface area contributed by atoms with Crippen LogP contribution in [0, 0.1) is 18.2 Å². The number of benzene rings is 1. The lowest BCUT2D eigenvalue weighted by Gasteiger charge is -2.42. The maximum atomic E-state index is 13.4. The molecule has 0 unspecified atom stereocenters. The van der Waals surface area contributed by atoms with Crippen molar-refractivity contribution in [3.05, 3.63) is 35.1 Å². The molecule has 0 bridgehead atoms. The van der Waals surface area contributed by atoms with Gasteiger partial charge in [0.1, 0.15) is 5.82 Å². The Balaban J connectivity index is 1.55. The molecule has 128 valence electrons. The van der Waals surface area contributed by atoms with E-state index < -0.39 is 0 Å². The number of aliphatic hydroxyl groups is 1. The molecule has 4 heteroatoms. The van der Waals surface area contributed by atoms with E-state index in [2.05, 4.69) is 9.80 Å². The van der Waals surface area contributed by atoms with Gasteiger partial charge in [-0.25, -0.2) is 4.39 Å². The second kappa shape index (κ2) is 7.29. The highest BCUT2D eigenvalue weighted by molar-refractivity contribution is 5.23. The van der Waals surface area contributed by atoms with Gasteiger partial charge in [-0.1, -0.05) is 12.1 Å². The van der Waals surface area contributed by atoms with Crippen molar-refractivity contribution in [2.45, 2.75) is 39.2 Å². The van der Waals surface area contributed by atoms with Crippen LogP contribution in [0.4, 0.5) is 4.39 Å². The third-order valence-corrected chi connectivity index (χ3v) is 5.64. The van der Waals surface area contributed by atoms with Gasteiger partial charge in [0.25, 0.3) is 0 Å². The number of hydrogen-bond donors (Lipinski definition) is 1. The number of aryl methyl sites for hydroxylation is 1. The maximum absolute atomic E-state index is 13.4. The van der Waals surface area contributed by atoms with Gasteiger partial charge in [-0.05, 0) is 76.0 Å². The Hall–Kier alpha value is -0.970. The minimum Gasteiger partial charge on any atom is -0.396 e. The fraction of sp³-hybridized carbons (Fsp3) is 0.684. The van der Waals surface area contributed by atoms with E-state index in [1.54, 1.807) is 6.07 Å². The molecule has 0 saturated carbocycles. The van der Waals surface area contributed by atoms with E-state index in [0.29, 0.717) is 6.61 Å². The normalized spacial score (nSPS) is 22.6. The molecule has 0 spiro atoms. The zero-order valence-corrected chi connectivity index (χ0v) is 14.2. The first-order valence-corrected chi connectivity index (χ1v) is 8.91. The van der Waals surface area contributed by atoms with Crippen molar-refractivity contribution in [3.8, 4) is 0 Å². The topological polar surface area (TPSA) is 26.7 Å². The molecule has 2 aliphatic rings. The van der Waals surface area contributed by atoms with Crippen molar-refractivity contribution in [2.75, 3.05) is 39.3 Å². The fourth-order valence-electron chi connectivity index (χ4n) is 4.03. The van der Waals surface area contributed by atoms with Crippen LogP contribution in [0.1, 0.15) is 36.8 Å². The van der Waals surface area contributed by atoms with Crippen molar-refractivity contribution in [3.63, 3.8) is 0 Å². The zero-order chi connectivity index (χ0) is 16.3. The van der Waals surface area contributed by atoms with Crippen LogP contribution in [0.2, 0.25) is 0 Å². The second-order valence-corrected chi connectivity index (χ2v) is 7.50. The molecule has 2 saturated heterocycles. The van der Waals surface area contributed by atoms with Gasteiger partial charge in [0.2, 0.25) is 0 Å². The molecule has 0 aromatic heterocycles. The summed E-state index contributed by atoms with van der Waals surface area (Å²) in [6.45, 7) is 8.48. The summed E-state index contributed by atoms with van der Waals surface area (Å²) < 4.78 is 13.4. The van der Waals surface area contributed by atoms with Crippen molar-refractivity contribution < 1.29 is 9.50 Å². The first-order chi connectivity index (χ1) is 11.1. The quantitative estimate of drug-likeness (QED) is 0.904. The lowest BCUT2D eigenvalue weighted by Crippen LogP contribution is -2.47. The summed E-state index contributed by atoms with van der Waals surface area (Å²) in [6.07, 6.45) is 4.72. The number of aliphatic hydroxyl groups excluding tert-OH is 1. The summed E-state index contributed by atoms with van der Waals surface area (Å²) in [5.74, 6) is -0.127. The first-order valence-electron chi connectivity index (χ1n) is 8.91. The summed E-state index contributed by atoms with van der Waals surface area (Å²) in [4.78, 5) is 4.96. The van der Waals surface area contributed by atoms with Gasteiger partial charge in [-0.15, -0.1) is 0 Å². The van der Waals surface area contributed by atoms with Gasteiger partial charge < -0.3 is 10.0 Å². The molecule has 2 fully saturated rings. The lowest BCUT2D eigenvalue weighted by molar-refractivity contribution is 0.0165. The van der Waals surface area contributed by atoms with E-state index in [-0.39, 0.29) is 11.2 Å². The highest BCUT2D eigenvalue weighted by atomic mass is 19.1. The van der Waals surface area contributed by atoms with Crippen LogP contribution in [0.3, 0.4) is 0 Å².